The molecule has 24 nitrogen and oxygen atoms in total. The Morgan fingerprint density at radius 3 is 1.44 bits per heavy atom. The fourth-order valence-electron chi connectivity index (χ4n) is 7.56. The lowest BCUT2D eigenvalue weighted by Gasteiger charge is -2.40. The maximum absolute atomic E-state index is 13.8. The van der Waals surface area contributed by atoms with Crippen LogP contribution in [0.1, 0.15) is 155 Å². The third-order valence-corrected chi connectivity index (χ3v) is 11.7. The molecule has 8 amide bonds. The first-order valence-corrected chi connectivity index (χ1v) is 24.8. The van der Waals surface area contributed by atoms with Gasteiger partial charge < -0.3 is 78.3 Å². The molecule has 4 unspecified atom stereocenters. The highest BCUT2D eigenvalue weighted by Gasteiger charge is 2.44. The average Bonchev–Trinajstić information content (AvgIpc) is 3.32. The summed E-state index contributed by atoms with van der Waals surface area (Å²) in [4.78, 5) is 115. The van der Waals surface area contributed by atoms with Crippen LogP contribution in [0.25, 0.3) is 0 Å². The molecule has 0 aromatic carbocycles. The second kappa shape index (κ2) is 36.9. The minimum atomic E-state index is -1.79. The number of carboxylic acid groups (broad SMARTS) is 1. The van der Waals surface area contributed by atoms with Gasteiger partial charge in [0.2, 0.25) is 47.3 Å². The van der Waals surface area contributed by atoms with Gasteiger partial charge in [-0.15, -0.1) is 0 Å². The molecule has 0 spiro atoms. The van der Waals surface area contributed by atoms with Crippen molar-refractivity contribution in [3.05, 3.63) is 0 Å². The van der Waals surface area contributed by atoms with Crippen LogP contribution in [0, 0.1) is 0 Å². The maximum atomic E-state index is 13.8. The predicted molar refractivity (Wildman–Crippen MR) is 252 cm³/mol. The Kier molecular flexibility index (Phi) is 33.2. The Hall–Kier alpha value is -5.01. The molecule has 1 aliphatic heterocycles. The number of rotatable bonds is 39. The van der Waals surface area contributed by atoms with Gasteiger partial charge in [0.25, 0.3) is 0 Å². The zero-order valence-corrected chi connectivity index (χ0v) is 40.9. The number of aliphatic carboxylic acids is 1. The number of primary amides is 1. The number of aliphatic hydroxyl groups is 5. The molecule has 9 atom stereocenters. The number of unbranched alkanes of at least 4 members (excludes halogenated alkanes) is 14. The number of nitrogens with one attached hydrogen (secondary N) is 7. The van der Waals surface area contributed by atoms with E-state index in [4.69, 9.17) is 10.5 Å². The van der Waals surface area contributed by atoms with Crippen LogP contribution in [0.5, 0.6) is 0 Å². The Balaban J connectivity index is 2.98. The third kappa shape index (κ3) is 26.8. The second-order valence-electron chi connectivity index (χ2n) is 17.7. The van der Waals surface area contributed by atoms with Gasteiger partial charge >= 0.3 is 5.97 Å². The predicted octanol–water partition coefficient (Wildman–Crippen LogP) is -1.74. The summed E-state index contributed by atoms with van der Waals surface area (Å²) >= 11 is 0. The minimum Gasteiger partial charge on any atom is -0.481 e. The molecule has 70 heavy (non-hydrogen) atoms. The number of carbonyl (C=O) groups is 9. The van der Waals surface area contributed by atoms with Gasteiger partial charge in [-0.3, -0.25) is 43.2 Å². The van der Waals surface area contributed by atoms with Gasteiger partial charge in [0.1, 0.15) is 48.6 Å². The Morgan fingerprint density at radius 1 is 0.500 bits per heavy atom. The van der Waals surface area contributed by atoms with Gasteiger partial charge in [-0.1, -0.05) is 117 Å². The van der Waals surface area contributed by atoms with E-state index in [0.717, 1.165) is 89.9 Å². The van der Waals surface area contributed by atoms with Crippen LogP contribution in [-0.2, 0) is 47.9 Å². The average molecular weight is 1000 g/mol. The van der Waals surface area contributed by atoms with E-state index in [1.807, 2.05) is 0 Å². The maximum Gasteiger partial charge on any atom is 0.303 e. The highest BCUT2D eigenvalue weighted by molar-refractivity contribution is 5.96. The minimum absolute atomic E-state index is 0.190. The van der Waals surface area contributed by atoms with E-state index in [-0.39, 0.29) is 12.8 Å². The van der Waals surface area contributed by atoms with Gasteiger partial charge in [-0.25, -0.2) is 0 Å². The van der Waals surface area contributed by atoms with Crippen molar-refractivity contribution in [3.63, 3.8) is 0 Å². The summed E-state index contributed by atoms with van der Waals surface area (Å²) in [6.07, 6.45) is 5.67. The summed E-state index contributed by atoms with van der Waals surface area (Å²) in [6, 6.07) is -5.47. The van der Waals surface area contributed by atoms with Crippen molar-refractivity contribution in [1.82, 2.24) is 37.2 Å². The van der Waals surface area contributed by atoms with Crippen LogP contribution in [0.4, 0.5) is 0 Å². The molecule has 15 N–H and O–H groups in total. The van der Waals surface area contributed by atoms with Crippen molar-refractivity contribution in [2.45, 2.75) is 210 Å². The lowest BCUT2D eigenvalue weighted by Crippen LogP contribution is -2.63. The Bertz CT molecular complexity index is 1620. The van der Waals surface area contributed by atoms with E-state index < -0.39 is 160 Å². The van der Waals surface area contributed by atoms with Gasteiger partial charge in [-0.2, -0.15) is 0 Å². The van der Waals surface area contributed by atoms with Crippen LogP contribution >= 0.6 is 0 Å². The third-order valence-electron chi connectivity index (χ3n) is 11.7. The highest BCUT2D eigenvalue weighted by atomic mass is 16.6. The monoisotopic (exact) mass is 1000 g/mol. The van der Waals surface area contributed by atoms with Crippen LogP contribution in [0.3, 0.4) is 0 Å². The molecule has 0 aromatic heterocycles. The summed E-state index contributed by atoms with van der Waals surface area (Å²) < 4.78 is 5.21. The second-order valence-corrected chi connectivity index (χ2v) is 17.7. The molecular weight excluding hydrogens is 921 g/mol. The van der Waals surface area contributed by atoms with Gasteiger partial charge in [0, 0.05) is 19.3 Å². The molecule has 0 saturated carbocycles. The number of carbonyl (C=O) groups excluding carboxylic acids is 8. The fourth-order valence-corrected chi connectivity index (χ4v) is 7.56. The van der Waals surface area contributed by atoms with E-state index in [1.54, 1.807) is 0 Å². The first kappa shape index (κ1) is 63.0. The Labute approximate surface area is 410 Å². The van der Waals surface area contributed by atoms with E-state index >= 15 is 0 Å². The van der Waals surface area contributed by atoms with Crippen molar-refractivity contribution in [2.75, 3.05) is 26.3 Å². The van der Waals surface area contributed by atoms with Crippen molar-refractivity contribution >= 4 is 53.2 Å². The molecule has 1 aliphatic rings. The van der Waals surface area contributed by atoms with Crippen LogP contribution in [0.15, 0.2) is 0 Å². The topological polar surface area (TPSA) is 394 Å². The first-order valence-electron chi connectivity index (χ1n) is 24.8. The number of amides is 8. The lowest BCUT2D eigenvalue weighted by atomic mass is 9.98. The summed E-state index contributed by atoms with van der Waals surface area (Å²) in [5, 5.41) is 75.4. The van der Waals surface area contributed by atoms with Crippen LogP contribution in [0.2, 0.25) is 0 Å². The number of nitrogens with two attached hydrogens (primary N) is 1. The molecule has 1 saturated heterocycles. The number of ether oxygens (including phenoxy) is 1. The SMILES string of the molecule is CCCCCCCCCCC(NC(=O)CNC(=O)C(CO)NC(=O)C(CCC(=O)O)NC(=O)CCC(=O)N[C@@H]1O[C@H](CO)[C@H](O)[C@H](O)[C@H]1O)C(=O)NC(CCCCCCCCCC)C(=O)NCC(N)=O. The number of carboxylic acids is 1. The normalized spacial score (nSPS) is 19.3. The highest BCUT2D eigenvalue weighted by Crippen LogP contribution is 2.20. The summed E-state index contributed by atoms with van der Waals surface area (Å²) in [5.41, 5.74) is 5.23. The first-order chi connectivity index (χ1) is 33.4. The number of hydrogen-bond acceptors (Lipinski definition) is 15. The molecule has 1 rings (SSSR count). The molecule has 1 heterocycles. The van der Waals surface area contributed by atoms with Crippen LogP contribution < -0.4 is 43.0 Å². The zero-order chi connectivity index (χ0) is 52.4. The van der Waals surface area contributed by atoms with Crippen molar-refractivity contribution in [3.8, 4) is 0 Å². The van der Waals surface area contributed by atoms with Crippen molar-refractivity contribution < 1.29 is 78.5 Å². The van der Waals surface area contributed by atoms with E-state index in [0.29, 0.717) is 12.8 Å². The molecule has 402 valence electrons. The lowest BCUT2D eigenvalue weighted by molar-refractivity contribution is -0.236. The Morgan fingerprint density at radius 2 is 0.943 bits per heavy atom. The molecule has 0 aromatic rings. The van der Waals surface area contributed by atoms with E-state index in [2.05, 4.69) is 51.1 Å². The quantitative estimate of drug-likeness (QED) is 0.0304. The smallest absolute Gasteiger partial charge is 0.303 e. The van der Waals surface area contributed by atoms with Crippen molar-refractivity contribution in [2.24, 2.45) is 5.73 Å². The molecule has 0 bridgehead atoms. The van der Waals surface area contributed by atoms with Crippen molar-refractivity contribution in [1.29, 1.82) is 0 Å². The molecule has 1 fully saturated rings. The van der Waals surface area contributed by atoms with Gasteiger partial charge in [0.05, 0.1) is 26.3 Å². The summed E-state index contributed by atoms with van der Waals surface area (Å²) in [6.45, 7) is 1.35. The van der Waals surface area contributed by atoms with Crippen LogP contribution in [-0.4, -0.2) is 165 Å². The van der Waals surface area contributed by atoms with E-state index in [9.17, 15) is 73.8 Å². The number of aliphatic hydroxyl groups excluding tert-OH is 5. The fraction of sp³-hybridized carbons (Fsp3) is 0.804. The van der Waals surface area contributed by atoms with Gasteiger partial charge in [0.15, 0.2) is 6.23 Å². The van der Waals surface area contributed by atoms with Gasteiger partial charge in [-0.05, 0) is 19.3 Å². The molecule has 0 aliphatic carbocycles. The van der Waals surface area contributed by atoms with E-state index in [1.165, 1.54) is 0 Å². The molecular formula is C46H82N8O16. The largest absolute Gasteiger partial charge is 0.481 e. The molecule has 0 radical (unpaired) electrons. The summed E-state index contributed by atoms with van der Waals surface area (Å²) in [5.74, 6) is -8.16. The number of hydrogen-bond donors (Lipinski definition) is 14. The molecule has 24 heteroatoms. The standard InChI is InChI=1S/C46H82N8O16/c1-3-5-7-9-11-13-15-17-19-29(42(66)48-25-34(47)57)52-44(68)30(20-18-16-14-12-10-8-6-4-2)51-37(60)26-49-43(67)32(27-55)53-45(69)31(21-24-38(61)62)50-35(58)22-23-36(59)54-46-41(65)40(64)39(63)33(28-56)70-46/h29-33,39-41,46,55-56,63-65H,3-28H2,1-2H3,(H2,47,57)(H,48,66)(H,49,67)(H,50,58)(H,51,60)(H,52,68)(H,53,69)(H,54,59)(H,61,62)/t29?,30?,31?,32?,33-,39+,40+,41-,46-/m1/s1. The summed E-state index contributed by atoms with van der Waals surface area (Å²) in [7, 11) is 0. The zero-order valence-electron chi connectivity index (χ0n) is 40.9.